The molecule has 0 atom stereocenters. The van der Waals surface area contributed by atoms with Crippen molar-refractivity contribution in [3.05, 3.63) is 58.1 Å². The third kappa shape index (κ3) is 2.96. The number of hydrogen-bond donors (Lipinski definition) is 1. The van der Waals surface area contributed by atoms with Crippen LogP contribution in [-0.2, 0) is 0 Å². The van der Waals surface area contributed by atoms with Crippen LogP contribution in [0.15, 0.2) is 46.9 Å². The second kappa shape index (κ2) is 5.45. The maximum Gasteiger partial charge on any atom is 0.335 e. The van der Waals surface area contributed by atoms with E-state index in [9.17, 15) is 4.79 Å². The van der Waals surface area contributed by atoms with E-state index in [-0.39, 0.29) is 0 Å². The Kier molecular flexibility index (Phi) is 3.90. The molecule has 0 aromatic heterocycles. The van der Waals surface area contributed by atoms with Gasteiger partial charge in [-0.1, -0.05) is 22.0 Å². The van der Waals surface area contributed by atoms with Gasteiger partial charge in [0, 0.05) is 22.9 Å². The molecule has 3 nitrogen and oxygen atoms in total. The van der Waals surface area contributed by atoms with E-state index in [0.717, 1.165) is 21.4 Å². The quantitative estimate of drug-likeness (QED) is 0.920. The van der Waals surface area contributed by atoms with Gasteiger partial charge >= 0.3 is 5.97 Å². The van der Waals surface area contributed by atoms with Crippen LogP contribution >= 0.6 is 15.9 Å². The van der Waals surface area contributed by atoms with Gasteiger partial charge in [0.05, 0.1) is 5.56 Å². The average Bonchev–Trinajstić information content (AvgIpc) is 2.38. The minimum Gasteiger partial charge on any atom is -0.478 e. The number of halogens is 1. The third-order valence-electron chi connectivity index (χ3n) is 3.00. The van der Waals surface area contributed by atoms with Crippen LogP contribution in [0.4, 0.5) is 11.4 Å². The molecule has 2 rings (SSSR count). The topological polar surface area (TPSA) is 40.5 Å². The highest BCUT2D eigenvalue weighted by atomic mass is 79.9. The van der Waals surface area contributed by atoms with Gasteiger partial charge in [-0.25, -0.2) is 4.79 Å². The number of aryl methyl sites for hydroxylation is 1. The Labute approximate surface area is 120 Å². The molecule has 0 radical (unpaired) electrons. The van der Waals surface area contributed by atoms with Gasteiger partial charge in [-0.15, -0.1) is 0 Å². The summed E-state index contributed by atoms with van der Waals surface area (Å²) < 4.78 is 1.03. The van der Waals surface area contributed by atoms with Crippen molar-refractivity contribution in [2.75, 3.05) is 11.9 Å². The summed E-state index contributed by atoms with van der Waals surface area (Å²) in [5, 5.41) is 9.03. The maximum absolute atomic E-state index is 11.0. The van der Waals surface area contributed by atoms with Crippen molar-refractivity contribution >= 4 is 33.3 Å². The predicted octanol–water partition coefficient (Wildman–Crippen LogP) is 4.22. The van der Waals surface area contributed by atoms with Crippen molar-refractivity contribution in [3.8, 4) is 0 Å². The molecule has 0 amide bonds. The SMILES string of the molecule is Cc1cc(Br)ccc1N(C)c1cccc(C(=O)O)c1. The molecular weight excluding hydrogens is 306 g/mol. The van der Waals surface area contributed by atoms with Crippen LogP contribution in [-0.4, -0.2) is 18.1 Å². The van der Waals surface area contributed by atoms with E-state index in [1.807, 2.05) is 43.1 Å². The first kappa shape index (κ1) is 13.6. The number of aromatic carboxylic acids is 1. The van der Waals surface area contributed by atoms with E-state index >= 15 is 0 Å². The molecule has 4 heteroatoms. The first-order valence-electron chi connectivity index (χ1n) is 5.82. The third-order valence-corrected chi connectivity index (χ3v) is 3.49. The van der Waals surface area contributed by atoms with E-state index in [4.69, 9.17) is 5.11 Å². The van der Waals surface area contributed by atoms with Gasteiger partial charge in [-0.3, -0.25) is 0 Å². The highest BCUT2D eigenvalue weighted by molar-refractivity contribution is 9.10. The molecule has 19 heavy (non-hydrogen) atoms. The fourth-order valence-electron chi connectivity index (χ4n) is 1.98. The van der Waals surface area contributed by atoms with Crippen molar-refractivity contribution in [1.29, 1.82) is 0 Å². The average molecular weight is 320 g/mol. The molecule has 0 spiro atoms. The van der Waals surface area contributed by atoms with Crippen LogP contribution in [0, 0.1) is 6.92 Å². The van der Waals surface area contributed by atoms with Crippen LogP contribution in [0.2, 0.25) is 0 Å². The van der Waals surface area contributed by atoms with Gasteiger partial charge < -0.3 is 10.0 Å². The largest absolute Gasteiger partial charge is 0.478 e. The summed E-state index contributed by atoms with van der Waals surface area (Å²) in [4.78, 5) is 13.0. The number of carboxylic acids is 1. The van der Waals surface area contributed by atoms with Crippen LogP contribution in [0.25, 0.3) is 0 Å². The fraction of sp³-hybridized carbons (Fsp3) is 0.133. The van der Waals surface area contributed by atoms with E-state index in [2.05, 4.69) is 15.9 Å². The normalized spacial score (nSPS) is 10.3. The lowest BCUT2D eigenvalue weighted by atomic mass is 10.1. The van der Waals surface area contributed by atoms with E-state index in [0.29, 0.717) is 5.56 Å². The number of hydrogen-bond acceptors (Lipinski definition) is 2. The molecular formula is C15H14BrNO2. The van der Waals surface area contributed by atoms with Gasteiger partial charge in [0.15, 0.2) is 0 Å². The highest BCUT2D eigenvalue weighted by Crippen LogP contribution is 2.29. The number of carboxylic acid groups (broad SMARTS) is 1. The second-order valence-electron chi connectivity index (χ2n) is 4.35. The lowest BCUT2D eigenvalue weighted by Crippen LogP contribution is -2.11. The number of rotatable bonds is 3. The number of anilines is 2. The van der Waals surface area contributed by atoms with E-state index in [1.54, 1.807) is 18.2 Å². The van der Waals surface area contributed by atoms with Crippen LogP contribution in [0.5, 0.6) is 0 Å². The summed E-state index contributed by atoms with van der Waals surface area (Å²) in [6.45, 7) is 2.03. The van der Waals surface area contributed by atoms with Crippen LogP contribution in [0.1, 0.15) is 15.9 Å². The summed E-state index contributed by atoms with van der Waals surface area (Å²) in [5.74, 6) is -0.914. The van der Waals surface area contributed by atoms with Gasteiger partial charge in [-0.05, 0) is 48.9 Å². The van der Waals surface area contributed by atoms with Crippen LogP contribution in [0.3, 0.4) is 0 Å². The standard InChI is InChI=1S/C15H14BrNO2/c1-10-8-12(16)6-7-14(10)17(2)13-5-3-4-11(9-13)15(18)19/h3-9H,1-2H3,(H,18,19). The Hall–Kier alpha value is -1.81. The smallest absolute Gasteiger partial charge is 0.335 e. The molecule has 0 saturated heterocycles. The zero-order valence-corrected chi connectivity index (χ0v) is 12.3. The molecule has 98 valence electrons. The van der Waals surface area contributed by atoms with Gasteiger partial charge in [0.25, 0.3) is 0 Å². The summed E-state index contributed by atoms with van der Waals surface area (Å²) in [7, 11) is 1.93. The first-order valence-corrected chi connectivity index (χ1v) is 6.61. The van der Waals surface area contributed by atoms with Crippen molar-refractivity contribution in [1.82, 2.24) is 0 Å². The number of nitrogens with zero attached hydrogens (tertiary/aromatic N) is 1. The summed E-state index contributed by atoms with van der Waals surface area (Å²) in [5.41, 5.74) is 3.31. The number of benzene rings is 2. The Morgan fingerprint density at radius 1 is 1.21 bits per heavy atom. The van der Waals surface area contributed by atoms with Crippen molar-refractivity contribution in [2.24, 2.45) is 0 Å². The second-order valence-corrected chi connectivity index (χ2v) is 5.26. The minimum absolute atomic E-state index is 0.291. The molecule has 2 aromatic carbocycles. The van der Waals surface area contributed by atoms with Crippen molar-refractivity contribution in [3.63, 3.8) is 0 Å². The Morgan fingerprint density at radius 2 is 1.95 bits per heavy atom. The van der Waals surface area contributed by atoms with E-state index < -0.39 is 5.97 Å². The molecule has 2 aromatic rings. The Bertz CT molecular complexity index is 625. The van der Waals surface area contributed by atoms with Gasteiger partial charge in [-0.2, -0.15) is 0 Å². The van der Waals surface area contributed by atoms with Gasteiger partial charge in [0.1, 0.15) is 0 Å². The lowest BCUT2D eigenvalue weighted by molar-refractivity contribution is 0.0697. The van der Waals surface area contributed by atoms with Crippen molar-refractivity contribution < 1.29 is 9.90 Å². The molecule has 0 aliphatic rings. The Morgan fingerprint density at radius 3 is 2.58 bits per heavy atom. The zero-order valence-electron chi connectivity index (χ0n) is 10.7. The summed E-state index contributed by atoms with van der Waals surface area (Å²) in [6.07, 6.45) is 0. The first-order chi connectivity index (χ1) is 8.99. The zero-order chi connectivity index (χ0) is 14.0. The number of carbonyl (C=O) groups is 1. The maximum atomic E-state index is 11.0. The van der Waals surface area contributed by atoms with Crippen LogP contribution < -0.4 is 4.90 Å². The molecule has 0 saturated carbocycles. The monoisotopic (exact) mass is 319 g/mol. The molecule has 0 aliphatic heterocycles. The molecule has 0 aliphatic carbocycles. The lowest BCUT2D eigenvalue weighted by Gasteiger charge is -2.22. The predicted molar refractivity (Wildman–Crippen MR) is 80.3 cm³/mol. The van der Waals surface area contributed by atoms with E-state index in [1.165, 1.54) is 0 Å². The Balaban J connectivity index is 2.41. The summed E-state index contributed by atoms with van der Waals surface area (Å²) in [6, 6.07) is 12.9. The van der Waals surface area contributed by atoms with Crippen molar-refractivity contribution in [2.45, 2.75) is 6.92 Å². The molecule has 0 heterocycles. The highest BCUT2D eigenvalue weighted by Gasteiger charge is 2.10. The molecule has 0 bridgehead atoms. The molecule has 0 unspecified atom stereocenters. The van der Waals surface area contributed by atoms with Gasteiger partial charge in [0.2, 0.25) is 0 Å². The molecule has 1 N–H and O–H groups in total. The fourth-order valence-corrected chi connectivity index (χ4v) is 2.46. The summed E-state index contributed by atoms with van der Waals surface area (Å²) >= 11 is 3.44. The minimum atomic E-state index is -0.914. The molecule has 0 fully saturated rings.